The third-order valence-corrected chi connectivity index (χ3v) is 0.691. The zero-order valence-corrected chi connectivity index (χ0v) is 3.64. The van der Waals surface area contributed by atoms with Gasteiger partial charge >= 0.3 is 0 Å². The first-order chi connectivity index (χ1) is 3.43. The molecule has 0 spiro atoms. The van der Waals surface area contributed by atoms with Crippen LogP contribution in [0.4, 0.5) is 0 Å². The Morgan fingerprint density at radius 2 is 2.86 bits per heavy atom. The van der Waals surface area contributed by atoms with Crippen molar-refractivity contribution in [1.29, 1.82) is 5.26 Å². The van der Waals surface area contributed by atoms with E-state index in [9.17, 15) is 0 Å². The van der Waals surface area contributed by atoms with Gasteiger partial charge in [0.2, 0.25) is 0 Å². The molecule has 0 bridgehead atoms. The van der Waals surface area contributed by atoms with Crippen molar-refractivity contribution < 1.29 is 4.84 Å². The maximum atomic E-state index is 8.13. The van der Waals surface area contributed by atoms with Crippen molar-refractivity contribution in [2.75, 3.05) is 6.54 Å². The van der Waals surface area contributed by atoms with E-state index in [0.29, 0.717) is 12.1 Å². The van der Waals surface area contributed by atoms with E-state index in [1.165, 1.54) is 6.26 Å². The summed E-state index contributed by atoms with van der Waals surface area (Å²) in [6.45, 7) is 0.538. The highest BCUT2D eigenvalue weighted by molar-refractivity contribution is 5.21. The van der Waals surface area contributed by atoms with Gasteiger partial charge in [-0.25, -0.2) is 0 Å². The first kappa shape index (κ1) is 4.16. The second kappa shape index (κ2) is 1.63. The van der Waals surface area contributed by atoms with E-state index in [-0.39, 0.29) is 0 Å². The summed E-state index contributed by atoms with van der Waals surface area (Å²) in [6.07, 6.45) is 1.40. The highest BCUT2D eigenvalue weighted by Crippen LogP contribution is 1.94. The van der Waals surface area contributed by atoms with Crippen LogP contribution in [0.25, 0.3) is 0 Å². The molecule has 0 aromatic heterocycles. The van der Waals surface area contributed by atoms with Crippen LogP contribution in [0.2, 0.25) is 0 Å². The SMILES string of the molecule is N#CC1=CONC1. The molecule has 0 saturated carbocycles. The lowest BCUT2D eigenvalue weighted by Crippen LogP contribution is -2.04. The minimum absolute atomic E-state index is 0.538. The first-order valence-electron chi connectivity index (χ1n) is 1.91. The van der Waals surface area contributed by atoms with Gasteiger partial charge in [-0.1, -0.05) is 0 Å². The van der Waals surface area contributed by atoms with Gasteiger partial charge in [-0.2, -0.15) is 10.7 Å². The summed E-state index contributed by atoms with van der Waals surface area (Å²) in [6, 6.07) is 1.94. The van der Waals surface area contributed by atoms with Crippen LogP contribution in [0.3, 0.4) is 0 Å². The lowest BCUT2D eigenvalue weighted by molar-refractivity contribution is 0.168. The maximum Gasteiger partial charge on any atom is 0.126 e. The van der Waals surface area contributed by atoms with Crippen LogP contribution in [0.15, 0.2) is 11.8 Å². The summed E-state index contributed by atoms with van der Waals surface area (Å²) in [5.41, 5.74) is 3.15. The molecule has 36 valence electrons. The fourth-order valence-corrected chi connectivity index (χ4v) is 0.340. The van der Waals surface area contributed by atoms with Gasteiger partial charge in [-0.05, 0) is 0 Å². The minimum atomic E-state index is 0.538. The van der Waals surface area contributed by atoms with E-state index < -0.39 is 0 Å². The minimum Gasteiger partial charge on any atom is -0.415 e. The normalized spacial score (nSPS) is 17.3. The number of hydrogen-bond acceptors (Lipinski definition) is 3. The Labute approximate surface area is 41.1 Å². The number of nitriles is 1. The van der Waals surface area contributed by atoms with Crippen molar-refractivity contribution in [3.63, 3.8) is 0 Å². The van der Waals surface area contributed by atoms with Crippen LogP contribution in [0.1, 0.15) is 0 Å². The molecule has 7 heavy (non-hydrogen) atoms. The smallest absolute Gasteiger partial charge is 0.126 e. The highest BCUT2D eigenvalue weighted by Gasteiger charge is 2.00. The zero-order chi connectivity index (χ0) is 5.11. The highest BCUT2D eigenvalue weighted by atomic mass is 16.6. The third kappa shape index (κ3) is 0.699. The van der Waals surface area contributed by atoms with Gasteiger partial charge in [-0.3, -0.25) is 0 Å². The van der Waals surface area contributed by atoms with Crippen molar-refractivity contribution in [3.05, 3.63) is 11.8 Å². The second-order valence-corrected chi connectivity index (χ2v) is 1.19. The molecular formula is C4H4N2O. The Balaban J connectivity index is 2.57. The van der Waals surface area contributed by atoms with E-state index in [0.717, 1.165) is 0 Å². The number of nitrogens with zero attached hydrogens (tertiary/aromatic N) is 1. The predicted molar refractivity (Wildman–Crippen MR) is 22.8 cm³/mol. The molecule has 0 radical (unpaired) electrons. The Bertz CT molecular complexity index is 133. The van der Waals surface area contributed by atoms with Gasteiger partial charge in [-0.15, -0.1) is 0 Å². The first-order valence-corrected chi connectivity index (χ1v) is 1.91. The molecule has 0 aromatic carbocycles. The van der Waals surface area contributed by atoms with Crippen molar-refractivity contribution in [1.82, 2.24) is 5.48 Å². The fourth-order valence-electron chi connectivity index (χ4n) is 0.340. The van der Waals surface area contributed by atoms with Gasteiger partial charge in [0.15, 0.2) is 0 Å². The standard InChI is InChI=1S/C4H4N2O/c5-1-4-2-6-7-3-4/h3,6H,2H2. The van der Waals surface area contributed by atoms with Gasteiger partial charge in [0.05, 0.1) is 18.2 Å². The van der Waals surface area contributed by atoms with Crippen LogP contribution in [0.5, 0.6) is 0 Å². The van der Waals surface area contributed by atoms with E-state index in [1.54, 1.807) is 0 Å². The van der Waals surface area contributed by atoms with Crippen molar-refractivity contribution in [2.24, 2.45) is 0 Å². The average Bonchev–Trinajstić information content (AvgIpc) is 2.14. The van der Waals surface area contributed by atoms with Crippen LogP contribution >= 0.6 is 0 Å². The molecule has 1 heterocycles. The maximum absolute atomic E-state index is 8.13. The molecule has 0 atom stereocenters. The van der Waals surface area contributed by atoms with Gasteiger partial charge in [0.25, 0.3) is 0 Å². The average molecular weight is 96.1 g/mol. The summed E-state index contributed by atoms with van der Waals surface area (Å²) in [5, 5.41) is 8.13. The summed E-state index contributed by atoms with van der Waals surface area (Å²) in [5.74, 6) is 0. The topological polar surface area (TPSA) is 45.0 Å². The lowest BCUT2D eigenvalue weighted by Gasteiger charge is -1.83. The summed E-state index contributed by atoms with van der Waals surface area (Å²) in [7, 11) is 0. The Kier molecular flexibility index (Phi) is 0.966. The molecule has 1 N–H and O–H groups in total. The van der Waals surface area contributed by atoms with Crippen LogP contribution in [0, 0.1) is 11.3 Å². The summed E-state index contributed by atoms with van der Waals surface area (Å²) in [4.78, 5) is 4.51. The van der Waals surface area contributed by atoms with E-state index >= 15 is 0 Å². The van der Waals surface area contributed by atoms with E-state index in [4.69, 9.17) is 5.26 Å². The van der Waals surface area contributed by atoms with Crippen molar-refractivity contribution >= 4 is 0 Å². The summed E-state index contributed by atoms with van der Waals surface area (Å²) >= 11 is 0. The Morgan fingerprint density at radius 1 is 2.00 bits per heavy atom. The molecule has 3 heteroatoms. The fraction of sp³-hybridized carbons (Fsp3) is 0.250. The van der Waals surface area contributed by atoms with Crippen LogP contribution < -0.4 is 5.48 Å². The zero-order valence-electron chi connectivity index (χ0n) is 3.64. The molecular weight excluding hydrogens is 92.1 g/mol. The largest absolute Gasteiger partial charge is 0.415 e. The molecule has 3 nitrogen and oxygen atoms in total. The van der Waals surface area contributed by atoms with Crippen molar-refractivity contribution in [3.8, 4) is 6.07 Å². The number of nitrogens with one attached hydrogen (secondary N) is 1. The quantitative estimate of drug-likeness (QED) is 0.459. The van der Waals surface area contributed by atoms with E-state index in [1.807, 2.05) is 6.07 Å². The molecule has 0 aliphatic carbocycles. The molecule has 0 aromatic rings. The number of hydrogen-bond donors (Lipinski definition) is 1. The predicted octanol–water partition coefficient (Wildman–Crippen LogP) is -0.0713. The molecule has 0 unspecified atom stereocenters. The van der Waals surface area contributed by atoms with Crippen LogP contribution in [-0.2, 0) is 4.84 Å². The molecule has 0 fully saturated rings. The Hall–Kier alpha value is -1.01. The third-order valence-electron chi connectivity index (χ3n) is 0.691. The number of rotatable bonds is 0. The van der Waals surface area contributed by atoms with E-state index in [2.05, 4.69) is 10.3 Å². The molecule has 0 saturated heterocycles. The molecule has 1 aliphatic rings. The van der Waals surface area contributed by atoms with Gasteiger partial charge in [0.1, 0.15) is 6.26 Å². The monoisotopic (exact) mass is 96.0 g/mol. The lowest BCUT2D eigenvalue weighted by atomic mass is 10.3. The van der Waals surface area contributed by atoms with Gasteiger partial charge < -0.3 is 4.84 Å². The van der Waals surface area contributed by atoms with Crippen LogP contribution in [-0.4, -0.2) is 6.54 Å². The number of hydroxylamine groups is 1. The van der Waals surface area contributed by atoms with Crippen molar-refractivity contribution in [2.45, 2.75) is 0 Å². The molecule has 0 amide bonds. The molecule has 1 aliphatic heterocycles. The Morgan fingerprint density at radius 3 is 3.14 bits per heavy atom. The second-order valence-electron chi connectivity index (χ2n) is 1.19. The molecule has 1 rings (SSSR count). The van der Waals surface area contributed by atoms with Gasteiger partial charge in [0, 0.05) is 0 Å². The summed E-state index contributed by atoms with van der Waals surface area (Å²) < 4.78 is 0.